The van der Waals surface area contributed by atoms with Crippen molar-refractivity contribution in [2.24, 2.45) is 0 Å². The van der Waals surface area contributed by atoms with Crippen LogP contribution in [0.4, 0.5) is 13.2 Å². The first kappa shape index (κ1) is 14.1. The molecule has 1 aliphatic rings. The molecule has 1 aromatic carbocycles. The topological polar surface area (TPSA) is 51.0 Å². The van der Waals surface area contributed by atoms with E-state index in [1.54, 1.807) is 0 Å². The third kappa shape index (κ3) is 3.60. The normalized spacial score (nSPS) is 15.4. The minimum Gasteiger partial charge on any atom is -0.421 e. The standard InChI is InChI=1S/C14H14F3N3O/c15-14(16,17)10-3-1-2-9(8-10)13-20-19-12(21-13)6-7-18-11-4-5-11/h1-3,8,11,18H,4-7H2. The Bertz CT molecular complexity index is 620. The molecule has 0 radical (unpaired) electrons. The van der Waals surface area contributed by atoms with Crippen LogP contribution in [-0.4, -0.2) is 22.8 Å². The number of hydrogen-bond acceptors (Lipinski definition) is 4. The number of halogens is 3. The Labute approximate surface area is 119 Å². The zero-order chi connectivity index (χ0) is 14.9. The van der Waals surface area contributed by atoms with E-state index in [0.29, 0.717) is 18.4 Å². The molecule has 1 N–H and O–H groups in total. The highest BCUT2D eigenvalue weighted by molar-refractivity contribution is 5.54. The molecule has 1 fully saturated rings. The van der Waals surface area contributed by atoms with Crippen LogP contribution < -0.4 is 5.32 Å². The molecule has 0 amide bonds. The van der Waals surface area contributed by atoms with E-state index in [9.17, 15) is 13.2 Å². The SMILES string of the molecule is FC(F)(F)c1cccc(-c2nnc(CCNC3CC3)o2)c1. The van der Waals surface area contributed by atoms with Crippen molar-refractivity contribution in [2.75, 3.05) is 6.54 Å². The Kier molecular flexibility index (Phi) is 3.67. The lowest BCUT2D eigenvalue weighted by Gasteiger charge is -2.06. The van der Waals surface area contributed by atoms with E-state index >= 15 is 0 Å². The quantitative estimate of drug-likeness (QED) is 0.921. The first-order chi connectivity index (χ1) is 10.0. The zero-order valence-electron chi connectivity index (χ0n) is 11.2. The van der Waals surface area contributed by atoms with Crippen molar-refractivity contribution in [3.05, 3.63) is 35.7 Å². The lowest BCUT2D eigenvalue weighted by molar-refractivity contribution is -0.137. The van der Waals surface area contributed by atoms with Crippen LogP contribution in [0.25, 0.3) is 11.5 Å². The van der Waals surface area contributed by atoms with Crippen LogP contribution in [0.2, 0.25) is 0 Å². The molecule has 1 saturated carbocycles. The number of aromatic nitrogens is 2. The molecule has 0 spiro atoms. The summed E-state index contributed by atoms with van der Waals surface area (Å²) < 4.78 is 43.4. The molecule has 4 nitrogen and oxygen atoms in total. The largest absolute Gasteiger partial charge is 0.421 e. The van der Waals surface area contributed by atoms with Gasteiger partial charge in [-0.1, -0.05) is 6.07 Å². The van der Waals surface area contributed by atoms with E-state index in [2.05, 4.69) is 15.5 Å². The van der Waals surface area contributed by atoms with Gasteiger partial charge >= 0.3 is 6.18 Å². The second-order valence-electron chi connectivity index (χ2n) is 5.06. The number of hydrogen-bond donors (Lipinski definition) is 1. The number of rotatable bonds is 5. The molecule has 2 aromatic rings. The number of nitrogens with zero attached hydrogens (tertiary/aromatic N) is 2. The van der Waals surface area contributed by atoms with Gasteiger partial charge in [0.2, 0.25) is 11.8 Å². The van der Waals surface area contributed by atoms with Gasteiger partial charge in [0.05, 0.1) is 5.56 Å². The molecule has 1 heterocycles. The van der Waals surface area contributed by atoms with Gasteiger partial charge < -0.3 is 9.73 Å². The van der Waals surface area contributed by atoms with Crippen LogP contribution in [0.3, 0.4) is 0 Å². The highest BCUT2D eigenvalue weighted by Crippen LogP contribution is 2.31. The minimum atomic E-state index is -4.38. The molecule has 3 rings (SSSR count). The monoisotopic (exact) mass is 297 g/mol. The Hall–Kier alpha value is -1.89. The van der Waals surface area contributed by atoms with Crippen molar-refractivity contribution < 1.29 is 17.6 Å². The van der Waals surface area contributed by atoms with Crippen molar-refractivity contribution in [2.45, 2.75) is 31.5 Å². The maximum Gasteiger partial charge on any atom is 0.416 e. The molecule has 0 atom stereocenters. The summed E-state index contributed by atoms with van der Waals surface area (Å²) in [4.78, 5) is 0. The molecular formula is C14H14F3N3O. The van der Waals surface area contributed by atoms with Crippen molar-refractivity contribution in [1.82, 2.24) is 15.5 Å². The van der Waals surface area contributed by atoms with E-state index in [4.69, 9.17) is 4.42 Å². The van der Waals surface area contributed by atoms with Gasteiger partial charge in [-0.05, 0) is 31.0 Å². The van der Waals surface area contributed by atoms with E-state index < -0.39 is 11.7 Å². The summed E-state index contributed by atoms with van der Waals surface area (Å²) in [6.45, 7) is 0.731. The summed E-state index contributed by atoms with van der Waals surface area (Å²) in [5, 5.41) is 11.0. The zero-order valence-corrected chi connectivity index (χ0v) is 11.2. The molecule has 7 heteroatoms. The third-order valence-corrected chi connectivity index (χ3v) is 3.25. The fourth-order valence-corrected chi connectivity index (χ4v) is 1.97. The summed E-state index contributed by atoms with van der Waals surface area (Å²) in [6, 6.07) is 5.47. The van der Waals surface area contributed by atoms with Gasteiger partial charge in [0.15, 0.2) is 0 Å². The lowest BCUT2D eigenvalue weighted by Crippen LogP contribution is -2.19. The summed E-state index contributed by atoms with van der Waals surface area (Å²) >= 11 is 0. The van der Waals surface area contributed by atoms with E-state index in [1.807, 2.05) is 0 Å². The second kappa shape index (κ2) is 5.48. The minimum absolute atomic E-state index is 0.113. The van der Waals surface area contributed by atoms with Gasteiger partial charge in [-0.25, -0.2) is 0 Å². The fraction of sp³-hybridized carbons (Fsp3) is 0.429. The Morgan fingerprint density at radius 2 is 2.05 bits per heavy atom. The van der Waals surface area contributed by atoms with Crippen molar-refractivity contribution in [1.29, 1.82) is 0 Å². The van der Waals surface area contributed by atoms with Gasteiger partial charge in [0.25, 0.3) is 0 Å². The predicted octanol–water partition coefficient (Wildman–Crippen LogP) is 3.05. The smallest absolute Gasteiger partial charge is 0.416 e. The number of nitrogens with one attached hydrogen (secondary N) is 1. The highest BCUT2D eigenvalue weighted by Gasteiger charge is 2.30. The van der Waals surface area contributed by atoms with E-state index in [1.165, 1.54) is 25.0 Å². The number of alkyl halides is 3. The average Bonchev–Trinajstić information content (AvgIpc) is 3.14. The van der Waals surface area contributed by atoms with Gasteiger partial charge in [0, 0.05) is 24.6 Å². The van der Waals surface area contributed by atoms with Crippen LogP contribution in [-0.2, 0) is 12.6 Å². The molecule has 0 aliphatic heterocycles. The summed E-state index contributed by atoms with van der Waals surface area (Å²) in [6.07, 6.45) is -1.42. The van der Waals surface area contributed by atoms with Crippen molar-refractivity contribution in [3.63, 3.8) is 0 Å². The average molecular weight is 297 g/mol. The van der Waals surface area contributed by atoms with Gasteiger partial charge in [-0.2, -0.15) is 13.2 Å². The lowest BCUT2D eigenvalue weighted by atomic mass is 10.1. The van der Waals surface area contributed by atoms with Crippen LogP contribution in [0.15, 0.2) is 28.7 Å². The summed E-state index contributed by atoms with van der Waals surface area (Å²) in [7, 11) is 0. The molecule has 1 aromatic heterocycles. The van der Waals surface area contributed by atoms with Crippen LogP contribution in [0.5, 0.6) is 0 Å². The molecule has 0 unspecified atom stereocenters. The fourth-order valence-electron chi connectivity index (χ4n) is 1.97. The van der Waals surface area contributed by atoms with Gasteiger partial charge in [0.1, 0.15) is 0 Å². The van der Waals surface area contributed by atoms with Gasteiger partial charge in [-0.15, -0.1) is 10.2 Å². The highest BCUT2D eigenvalue weighted by atomic mass is 19.4. The van der Waals surface area contributed by atoms with Crippen molar-refractivity contribution >= 4 is 0 Å². The maximum atomic E-state index is 12.7. The maximum absolute atomic E-state index is 12.7. The van der Waals surface area contributed by atoms with Crippen molar-refractivity contribution in [3.8, 4) is 11.5 Å². The molecule has 0 saturated heterocycles. The molecule has 1 aliphatic carbocycles. The first-order valence-electron chi connectivity index (χ1n) is 6.76. The van der Waals surface area contributed by atoms with Crippen LogP contribution >= 0.6 is 0 Å². The summed E-state index contributed by atoms with van der Waals surface area (Å²) in [5.41, 5.74) is -0.450. The molecule has 21 heavy (non-hydrogen) atoms. The molecule has 112 valence electrons. The Balaban J connectivity index is 1.70. The molecular weight excluding hydrogens is 283 g/mol. The Morgan fingerprint density at radius 3 is 2.76 bits per heavy atom. The Morgan fingerprint density at radius 1 is 1.24 bits per heavy atom. The van der Waals surface area contributed by atoms with Crippen LogP contribution in [0, 0.1) is 0 Å². The van der Waals surface area contributed by atoms with Crippen LogP contribution in [0.1, 0.15) is 24.3 Å². The first-order valence-corrected chi connectivity index (χ1v) is 6.76. The second-order valence-corrected chi connectivity index (χ2v) is 5.06. The van der Waals surface area contributed by atoms with Gasteiger partial charge in [-0.3, -0.25) is 0 Å². The predicted molar refractivity (Wildman–Crippen MR) is 69.5 cm³/mol. The van der Waals surface area contributed by atoms with E-state index in [0.717, 1.165) is 18.7 Å². The molecule has 0 bridgehead atoms. The summed E-state index contributed by atoms with van der Waals surface area (Å²) in [5.74, 6) is 0.540. The number of benzene rings is 1. The third-order valence-electron chi connectivity index (χ3n) is 3.25. The van der Waals surface area contributed by atoms with E-state index in [-0.39, 0.29) is 11.5 Å².